The summed E-state index contributed by atoms with van der Waals surface area (Å²) in [5.41, 5.74) is 0.728. The maximum absolute atomic E-state index is 14.1. The molecule has 16 heavy (non-hydrogen) atoms. The number of rotatable bonds is 2. The number of ether oxygens (including phenoxy) is 1. The van der Waals surface area contributed by atoms with Crippen molar-refractivity contribution in [2.24, 2.45) is 5.92 Å². The molecule has 2 unspecified atom stereocenters. The highest BCUT2D eigenvalue weighted by Crippen LogP contribution is 2.33. The Morgan fingerprint density at radius 1 is 1.44 bits per heavy atom. The first kappa shape index (κ1) is 11.4. The molecule has 1 aromatic carbocycles. The molecule has 0 aromatic heterocycles. The molecule has 1 aliphatic heterocycles. The van der Waals surface area contributed by atoms with Crippen LogP contribution in [0.2, 0.25) is 0 Å². The van der Waals surface area contributed by atoms with E-state index >= 15 is 0 Å². The first-order valence-corrected chi connectivity index (χ1v) is 5.80. The Hall–Kier alpha value is -1.09. The molecule has 1 N–H and O–H groups in total. The molecule has 0 amide bonds. The minimum atomic E-state index is -0.226. The highest BCUT2D eigenvalue weighted by molar-refractivity contribution is 5.33. The molecule has 1 saturated heterocycles. The molecular weight excluding hydrogens is 205 g/mol. The topological polar surface area (TPSA) is 21.3 Å². The van der Waals surface area contributed by atoms with Crippen LogP contribution in [0, 0.1) is 11.7 Å². The Morgan fingerprint density at radius 2 is 2.25 bits per heavy atom. The molecule has 3 heteroatoms. The van der Waals surface area contributed by atoms with Gasteiger partial charge in [-0.25, -0.2) is 4.39 Å². The average molecular weight is 223 g/mol. The lowest BCUT2D eigenvalue weighted by molar-refractivity contribution is 0.294. The van der Waals surface area contributed by atoms with E-state index < -0.39 is 0 Å². The van der Waals surface area contributed by atoms with Crippen molar-refractivity contribution in [1.29, 1.82) is 0 Å². The average Bonchev–Trinajstić information content (AvgIpc) is 2.31. The second-order valence-corrected chi connectivity index (χ2v) is 4.41. The number of nitrogens with one attached hydrogen (secondary N) is 1. The Bertz CT molecular complexity index is 367. The minimum absolute atomic E-state index is 0.115. The number of methoxy groups -OCH3 is 1. The molecule has 0 saturated carbocycles. The van der Waals surface area contributed by atoms with Crippen LogP contribution in [0.5, 0.6) is 5.75 Å². The number of hydrogen-bond acceptors (Lipinski definition) is 2. The van der Waals surface area contributed by atoms with Crippen molar-refractivity contribution in [2.75, 3.05) is 13.7 Å². The third-order valence-electron chi connectivity index (χ3n) is 3.32. The van der Waals surface area contributed by atoms with Gasteiger partial charge in [0.05, 0.1) is 7.11 Å². The van der Waals surface area contributed by atoms with Gasteiger partial charge in [-0.15, -0.1) is 0 Å². The van der Waals surface area contributed by atoms with Gasteiger partial charge in [0.2, 0.25) is 0 Å². The fourth-order valence-corrected chi connectivity index (χ4v) is 2.39. The maximum Gasteiger partial charge on any atom is 0.169 e. The van der Waals surface area contributed by atoms with Gasteiger partial charge in [-0.3, -0.25) is 0 Å². The van der Waals surface area contributed by atoms with Gasteiger partial charge in [0.15, 0.2) is 11.6 Å². The molecule has 1 heterocycles. The van der Waals surface area contributed by atoms with Gasteiger partial charge in [0, 0.05) is 11.6 Å². The van der Waals surface area contributed by atoms with Crippen molar-refractivity contribution in [2.45, 2.75) is 25.8 Å². The van der Waals surface area contributed by atoms with Gasteiger partial charge in [0.25, 0.3) is 0 Å². The summed E-state index contributed by atoms with van der Waals surface area (Å²) in [5.74, 6) is 0.573. The minimum Gasteiger partial charge on any atom is -0.494 e. The van der Waals surface area contributed by atoms with Crippen LogP contribution in [0.25, 0.3) is 0 Å². The molecule has 1 aromatic rings. The zero-order valence-corrected chi connectivity index (χ0v) is 9.79. The van der Waals surface area contributed by atoms with E-state index in [2.05, 4.69) is 12.2 Å². The summed E-state index contributed by atoms with van der Waals surface area (Å²) in [6, 6.07) is 5.47. The third-order valence-corrected chi connectivity index (χ3v) is 3.32. The van der Waals surface area contributed by atoms with Crippen molar-refractivity contribution in [3.05, 3.63) is 29.6 Å². The Balaban J connectivity index is 2.31. The van der Waals surface area contributed by atoms with Crippen LogP contribution in [0.15, 0.2) is 18.2 Å². The highest BCUT2D eigenvalue weighted by Gasteiger charge is 2.25. The zero-order chi connectivity index (χ0) is 11.5. The van der Waals surface area contributed by atoms with E-state index in [9.17, 15) is 4.39 Å². The summed E-state index contributed by atoms with van der Waals surface area (Å²) >= 11 is 0. The second kappa shape index (κ2) is 4.83. The summed E-state index contributed by atoms with van der Waals surface area (Å²) in [4.78, 5) is 0. The lowest BCUT2D eigenvalue weighted by atomic mass is 9.87. The van der Waals surface area contributed by atoms with E-state index in [-0.39, 0.29) is 11.9 Å². The predicted molar refractivity (Wildman–Crippen MR) is 62.1 cm³/mol. The maximum atomic E-state index is 14.1. The van der Waals surface area contributed by atoms with Crippen LogP contribution in [-0.4, -0.2) is 13.7 Å². The first-order chi connectivity index (χ1) is 7.74. The van der Waals surface area contributed by atoms with Crippen LogP contribution in [0.4, 0.5) is 4.39 Å². The summed E-state index contributed by atoms with van der Waals surface area (Å²) in [6.45, 7) is 3.13. The Kier molecular flexibility index (Phi) is 3.44. The zero-order valence-electron chi connectivity index (χ0n) is 9.79. The molecule has 0 bridgehead atoms. The van der Waals surface area contributed by atoms with E-state index in [1.165, 1.54) is 13.5 Å². The fourth-order valence-electron chi connectivity index (χ4n) is 2.39. The molecule has 88 valence electrons. The lowest BCUT2D eigenvalue weighted by Gasteiger charge is -2.30. The monoisotopic (exact) mass is 223 g/mol. The normalized spacial score (nSPS) is 25.4. The van der Waals surface area contributed by atoms with Crippen molar-refractivity contribution < 1.29 is 9.13 Å². The van der Waals surface area contributed by atoms with Crippen molar-refractivity contribution in [3.8, 4) is 5.75 Å². The molecule has 2 rings (SSSR count). The van der Waals surface area contributed by atoms with E-state index in [1.807, 2.05) is 12.1 Å². The second-order valence-electron chi connectivity index (χ2n) is 4.41. The standard InChI is InChI=1S/C13H18FNO/c1-9-5-4-8-15-13(9)10-6-3-7-11(16-2)12(10)14/h3,6-7,9,13,15H,4-5,8H2,1-2H3. The molecule has 0 spiro atoms. The fraction of sp³-hybridized carbons (Fsp3) is 0.538. The van der Waals surface area contributed by atoms with Gasteiger partial charge in [-0.05, 0) is 31.4 Å². The van der Waals surface area contributed by atoms with Crippen LogP contribution in [-0.2, 0) is 0 Å². The lowest BCUT2D eigenvalue weighted by Crippen LogP contribution is -2.33. The van der Waals surface area contributed by atoms with Gasteiger partial charge < -0.3 is 10.1 Å². The number of halogens is 1. The van der Waals surface area contributed by atoms with Crippen molar-refractivity contribution >= 4 is 0 Å². The molecular formula is C13H18FNO. The third kappa shape index (κ3) is 2.05. The van der Waals surface area contributed by atoms with E-state index in [0.717, 1.165) is 18.5 Å². The quantitative estimate of drug-likeness (QED) is 0.832. The Labute approximate surface area is 95.8 Å². The summed E-state index contributed by atoms with van der Waals surface area (Å²) in [7, 11) is 1.50. The molecule has 0 aliphatic carbocycles. The molecule has 2 atom stereocenters. The Morgan fingerprint density at radius 3 is 2.94 bits per heavy atom. The number of benzene rings is 1. The smallest absolute Gasteiger partial charge is 0.169 e. The van der Waals surface area contributed by atoms with Crippen LogP contribution >= 0.6 is 0 Å². The SMILES string of the molecule is COc1cccc(C2NCCCC2C)c1F. The summed E-state index contributed by atoms with van der Waals surface area (Å²) in [5, 5.41) is 3.38. The van der Waals surface area contributed by atoms with E-state index in [4.69, 9.17) is 4.74 Å². The summed E-state index contributed by atoms with van der Waals surface area (Å²) in [6.07, 6.45) is 2.32. The van der Waals surface area contributed by atoms with Crippen molar-refractivity contribution in [1.82, 2.24) is 5.32 Å². The van der Waals surface area contributed by atoms with Crippen LogP contribution < -0.4 is 10.1 Å². The molecule has 1 aliphatic rings. The predicted octanol–water partition coefficient (Wildman–Crippen LogP) is 2.89. The van der Waals surface area contributed by atoms with Gasteiger partial charge >= 0.3 is 0 Å². The van der Waals surface area contributed by atoms with E-state index in [1.54, 1.807) is 6.07 Å². The van der Waals surface area contributed by atoms with E-state index in [0.29, 0.717) is 11.7 Å². The van der Waals surface area contributed by atoms with Gasteiger partial charge in [-0.1, -0.05) is 19.1 Å². The summed E-state index contributed by atoms with van der Waals surface area (Å²) < 4.78 is 19.1. The molecule has 0 radical (unpaired) electrons. The number of hydrogen-bond donors (Lipinski definition) is 1. The van der Waals surface area contributed by atoms with Crippen molar-refractivity contribution in [3.63, 3.8) is 0 Å². The largest absolute Gasteiger partial charge is 0.494 e. The number of piperidine rings is 1. The van der Waals surface area contributed by atoms with Crippen LogP contribution in [0.3, 0.4) is 0 Å². The first-order valence-electron chi connectivity index (χ1n) is 5.80. The molecule has 1 fully saturated rings. The van der Waals surface area contributed by atoms with Crippen LogP contribution in [0.1, 0.15) is 31.4 Å². The van der Waals surface area contributed by atoms with Gasteiger partial charge in [0.1, 0.15) is 0 Å². The highest BCUT2D eigenvalue weighted by atomic mass is 19.1. The van der Waals surface area contributed by atoms with Gasteiger partial charge in [-0.2, -0.15) is 0 Å². The molecule has 2 nitrogen and oxygen atoms in total.